The standard InChI is InChI=1S/C34H40N2O4/c1-8-32(34(38)39-7)40-29-14-9-11-25(17-29)20-36-24(6)22(4)30-19-28(15-16-31(30)36)33(37)35-23(5)27-13-10-12-26(18-27)21(2)3/h9-19,21,23,32H,8,20H2,1-7H3,(H,35,37)/t23-,32?/m0/s1. The van der Waals surface area contributed by atoms with Crippen molar-refractivity contribution in [1.82, 2.24) is 9.88 Å². The number of carbonyl (C=O) groups excluding carboxylic acids is 2. The summed E-state index contributed by atoms with van der Waals surface area (Å²) >= 11 is 0. The largest absolute Gasteiger partial charge is 0.479 e. The van der Waals surface area contributed by atoms with Gasteiger partial charge in [0.25, 0.3) is 5.91 Å². The van der Waals surface area contributed by atoms with Crippen molar-refractivity contribution in [3.63, 3.8) is 0 Å². The van der Waals surface area contributed by atoms with E-state index >= 15 is 0 Å². The van der Waals surface area contributed by atoms with Crippen molar-refractivity contribution in [3.05, 3.63) is 100 Å². The van der Waals surface area contributed by atoms with Crippen LogP contribution >= 0.6 is 0 Å². The van der Waals surface area contributed by atoms with E-state index in [2.05, 4.69) is 61.8 Å². The molecule has 0 spiro atoms. The number of rotatable bonds is 10. The number of hydrogen-bond donors (Lipinski definition) is 1. The highest BCUT2D eigenvalue weighted by Gasteiger charge is 2.20. The summed E-state index contributed by atoms with van der Waals surface area (Å²) in [6, 6.07) is 22.0. The van der Waals surface area contributed by atoms with Crippen LogP contribution in [0, 0.1) is 13.8 Å². The van der Waals surface area contributed by atoms with Crippen LogP contribution in [0.4, 0.5) is 0 Å². The maximum Gasteiger partial charge on any atom is 0.347 e. The maximum absolute atomic E-state index is 13.2. The zero-order valence-electron chi connectivity index (χ0n) is 24.6. The van der Waals surface area contributed by atoms with Crippen LogP contribution in [0.3, 0.4) is 0 Å². The number of fused-ring (bicyclic) bond motifs is 1. The molecule has 0 aliphatic carbocycles. The fraction of sp³-hybridized carbons (Fsp3) is 0.353. The summed E-state index contributed by atoms with van der Waals surface area (Å²) in [5, 5.41) is 4.23. The van der Waals surface area contributed by atoms with E-state index in [9.17, 15) is 9.59 Å². The van der Waals surface area contributed by atoms with E-state index in [1.807, 2.05) is 56.3 Å². The van der Waals surface area contributed by atoms with Gasteiger partial charge in [0.05, 0.1) is 13.2 Å². The number of esters is 1. The Balaban J connectivity index is 1.55. The second-order valence-corrected chi connectivity index (χ2v) is 10.7. The van der Waals surface area contributed by atoms with Gasteiger partial charge < -0.3 is 19.4 Å². The van der Waals surface area contributed by atoms with Crippen molar-refractivity contribution >= 4 is 22.8 Å². The molecule has 1 unspecified atom stereocenters. The Kier molecular flexibility index (Phi) is 8.98. The summed E-state index contributed by atoms with van der Waals surface area (Å²) in [7, 11) is 1.37. The first kappa shape index (κ1) is 28.9. The van der Waals surface area contributed by atoms with E-state index in [0.717, 1.165) is 33.3 Å². The lowest BCUT2D eigenvalue weighted by Gasteiger charge is -2.17. The average Bonchev–Trinajstić information content (AvgIpc) is 3.19. The van der Waals surface area contributed by atoms with Crippen LogP contribution in [0.25, 0.3) is 10.9 Å². The average molecular weight is 541 g/mol. The molecule has 4 rings (SSSR count). The fourth-order valence-electron chi connectivity index (χ4n) is 5.04. The van der Waals surface area contributed by atoms with Crippen LogP contribution in [0.1, 0.15) is 84.4 Å². The normalized spacial score (nSPS) is 12.8. The first-order valence-corrected chi connectivity index (χ1v) is 14.0. The molecule has 0 saturated carbocycles. The van der Waals surface area contributed by atoms with Crippen LogP contribution in [-0.2, 0) is 16.1 Å². The number of ether oxygens (including phenoxy) is 2. The van der Waals surface area contributed by atoms with Crippen molar-refractivity contribution in [2.75, 3.05) is 7.11 Å². The molecule has 1 amide bonds. The van der Waals surface area contributed by atoms with Gasteiger partial charge in [0.1, 0.15) is 5.75 Å². The maximum atomic E-state index is 13.2. The summed E-state index contributed by atoms with van der Waals surface area (Å²) < 4.78 is 13.0. The number of benzene rings is 3. The summed E-state index contributed by atoms with van der Waals surface area (Å²) in [5.74, 6) is 0.598. The van der Waals surface area contributed by atoms with E-state index in [-0.39, 0.29) is 17.9 Å². The smallest absolute Gasteiger partial charge is 0.347 e. The molecule has 1 heterocycles. The lowest BCUT2D eigenvalue weighted by Crippen LogP contribution is -2.27. The molecular formula is C34H40N2O4. The second kappa shape index (κ2) is 12.4. The zero-order valence-corrected chi connectivity index (χ0v) is 24.6. The molecule has 0 fully saturated rings. The number of hydrogen-bond acceptors (Lipinski definition) is 4. The molecule has 1 aromatic heterocycles. The van der Waals surface area contributed by atoms with Crippen molar-refractivity contribution < 1.29 is 19.1 Å². The highest BCUT2D eigenvalue weighted by molar-refractivity contribution is 5.99. The monoisotopic (exact) mass is 540 g/mol. The zero-order chi connectivity index (χ0) is 29.0. The Bertz CT molecular complexity index is 1520. The van der Waals surface area contributed by atoms with Gasteiger partial charge in [0, 0.05) is 28.7 Å². The summed E-state index contributed by atoms with van der Waals surface area (Å²) in [6.45, 7) is 13.1. The third-order valence-corrected chi connectivity index (χ3v) is 7.68. The van der Waals surface area contributed by atoms with Gasteiger partial charge in [-0.2, -0.15) is 0 Å². The van der Waals surface area contributed by atoms with Crippen LogP contribution in [0.15, 0.2) is 66.7 Å². The number of aromatic nitrogens is 1. The summed E-state index contributed by atoms with van der Waals surface area (Å²) in [4.78, 5) is 25.2. The van der Waals surface area contributed by atoms with E-state index in [4.69, 9.17) is 9.47 Å². The van der Waals surface area contributed by atoms with Gasteiger partial charge in [-0.05, 0) is 85.7 Å². The third kappa shape index (κ3) is 6.22. The van der Waals surface area contributed by atoms with Gasteiger partial charge in [-0.25, -0.2) is 4.79 Å². The highest BCUT2D eigenvalue weighted by atomic mass is 16.6. The van der Waals surface area contributed by atoms with Gasteiger partial charge in [0.2, 0.25) is 0 Å². The Morgan fingerprint density at radius 1 is 0.925 bits per heavy atom. The van der Waals surface area contributed by atoms with Gasteiger partial charge in [-0.15, -0.1) is 0 Å². The van der Waals surface area contributed by atoms with Gasteiger partial charge in [0.15, 0.2) is 6.10 Å². The second-order valence-electron chi connectivity index (χ2n) is 10.7. The Morgan fingerprint density at radius 2 is 1.65 bits per heavy atom. The SMILES string of the molecule is CCC(Oc1cccc(Cn2c(C)c(C)c3cc(C(=O)N[C@@H](C)c4cccc(C(C)C)c4)ccc32)c1)C(=O)OC. The van der Waals surface area contributed by atoms with Crippen LogP contribution < -0.4 is 10.1 Å². The molecule has 40 heavy (non-hydrogen) atoms. The first-order chi connectivity index (χ1) is 19.1. The Morgan fingerprint density at radius 3 is 2.35 bits per heavy atom. The van der Waals surface area contributed by atoms with Gasteiger partial charge >= 0.3 is 5.97 Å². The van der Waals surface area contributed by atoms with Gasteiger partial charge in [-0.3, -0.25) is 4.79 Å². The number of amides is 1. The number of carbonyl (C=O) groups is 2. The lowest BCUT2D eigenvalue weighted by molar-refractivity contribution is -0.148. The van der Waals surface area contributed by atoms with E-state index < -0.39 is 6.10 Å². The van der Waals surface area contributed by atoms with Gasteiger partial charge in [-0.1, -0.05) is 57.2 Å². The molecule has 0 bridgehead atoms. The minimum atomic E-state index is -0.636. The summed E-state index contributed by atoms with van der Waals surface area (Å²) in [6.07, 6.45) is -0.112. The van der Waals surface area contributed by atoms with Crippen molar-refractivity contribution in [3.8, 4) is 5.75 Å². The predicted octanol–water partition coefficient (Wildman–Crippen LogP) is 7.25. The van der Waals surface area contributed by atoms with Crippen LogP contribution in [0.5, 0.6) is 5.75 Å². The molecule has 0 saturated heterocycles. The lowest BCUT2D eigenvalue weighted by atomic mass is 9.98. The van der Waals surface area contributed by atoms with Crippen LogP contribution in [0.2, 0.25) is 0 Å². The molecule has 6 heteroatoms. The summed E-state index contributed by atoms with van der Waals surface area (Å²) in [5.41, 5.74) is 7.40. The van der Waals surface area contributed by atoms with E-state index in [1.54, 1.807) is 0 Å². The number of nitrogens with zero attached hydrogens (tertiary/aromatic N) is 1. The molecule has 2 atom stereocenters. The molecule has 4 aromatic rings. The number of nitrogens with one attached hydrogen (secondary N) is 1. The molecule has 210 valence electrons. The van der Waals surface area contributed by atoms with Crippen molar-refractivity contribution in [1.29, 1.82) is 0 Å². The quantitative estimate of drug-likeness (QED) is 0.215. The molecule has 6 nitrogen and oxygen atoms in total. The molecule has 1 N–H and O–H groups in total. The fourth-order valence-corrected chi connectivity index (χ4v) is 5.04. The minimum Gasteiger partial charge on any atom is -0.479 e. The molecular weight excluding hydrogens is 500 g/mol. The number of aryl methyl sites for hydroxylation is 1. The predicted molar refractivity (Wildman–Crippen MR) is 160 cm³/mol. The Hall–Kier alpha value is -4.06. The Labute approximate surface area is 237 Å². The van der Waals surface area contributed by atoms with Crippen molar-refractivity contribution in [2.45, 2.75) is 72.6 Å². The molecule has 0 aliphatic rings. The number of methoxy groups -OCH3 is 1. The van der Waals surface area contributed by atoms with E-state index in [0.29, 0.717) is 30.2 Å². The molecule has 0 aliphatic heterocycles. The minimum absolute atomic E-state index is 0.0879. The van der Waals surface area contributed by atoms with Crippen LogP contribution in [-0.4, -0.2) is 29.7 Å². The molecule has 3 aromatic carbocycles. The van der Waals surface area contributed by atoms with E-state index in [1.165, 1.54) is 12.7 Å². The molecule has 0 radical (unpaired) electrons. The highest BCUT2D eigenvalue weighted by Crippen LogP contribution is 2.29. The first-order valence-electron chi connectivity index (χ1n) is 14.0. The topological polar surface area (TPSA) is 69.6 Å². The van der Waals surface area contributed by atoms with Crippen molar-refractivity contribution in [2.24, 2.45) is 0 Å². The third-order valence-electron chi connectivity index (χ3n) is 7.68.